The van der Waals surface area contributed by atoms with E-state index in [0.717, 1.165) is 27.9 Å². The van der Waals surface area contributed by atoms with Crippen molar-refractivity contribution in [1.29, 1.82) is 0 Å². The average molecular weight is 435 g/mol. The quantitative estimate of drug-likeness (QED) is 0.646. The smallest absolute Gasteiger partial charge is 0.243 e. The molecule has 0 unspecified atom stereocenters. The van der Waals surface area contributed by atoms with E-state index in [-0.39, 0.29) is 24.6 Å². The van der Waals surface area contributed by atoms with Crippen molar-refractivity contribution in [2.75, 3.05) is 18.5 Å². The molecule has 2 heterocycles. The van der Waals surface area contributed by atoms with Crippen molar-refractivity contribution >= 4 is 15.7 Å². The highest BCUT2D eigenvalue weighted by molar-refractivity contribution is 7.89. The van der Waals surface area contributed by atoms with Gasteiger partial charge in [-0.05, 0) is 53.8 Å². The van der Waals surface area contributed by atoms with Crippen molar-refractivity contribution in [1.82, 2.24) is 4.31 Å². The van der Waals surface area contributed by atoms with Gasteiger partial charge in [0.1, 0.15) is 0 Å². The number of benzene rings is 3. The molecule has 3 atom stereocenters. The number of nitrogens with zero attached hydrogens (tertiary/aromatic N) is 1. The highest BCUT2D eigenvalue weighted by Crippen LogP contribution is 2.49. The average Bonchev–Trinajstić information content (AvgIpc) is 3.25. The minimum absolute atomic E-state index is 0.0160. The van der Waals surface area contributed by atoms with Gasteiger partial charge in [-0.3, -0.25) is 0 Å². The maximum atomic E-state index is 13.7. The summed E-state index contributed by atoms with van der Waals surface area (Å²) in [5.74, 6) is 0.0160. The Morgan fingerprint density at radius 2 is 1.74 bits per heavy atom. The van der Waals surface area contributed by atoms with Crippen molar-refractivity contribution < 1.29 is 13.5 Å². The van der Waals surface area contributed by atoms with Crippen LogP contribution >= 0.6 is 0 Å². The lowest BCUT2D eigenvalue weighted by atomic mass is 9.82. The Hall–Kier alpha value is -2.67. The van der Waals surface area contributed by atoms with Gasteiger partial charge < -0.3 is 10.4 Å². The largest absolute Gasteiger partial charge is 0.394 e. The molecule has 1 saturated heterocycles. The van der Waals surface area contributed by atoms with Crippen LogP contribution in [-0.2, 0) is 10.0 Å². The molecule has 0 saturated carbocycles. The fourth-order valence-corrected chi connectivity index (χ4v) is 6.97. The summed E-state index contributed by atoms with van der Waals surface area (Å²) in [6.07, 6.45) is 0.711. The second kappa shape index (κ2) is 7.79. The van der Waals surface area contributed by atoms with E-state index in [4.69, 9.17) is 0 Å². The summed E-state index contributed by atoms with van der Waals surface area (Å²) < 4.78 is 29.1. The SMILES string of the molecule is Cc1ccccc1S(=O)(=O)N1CC[C@@H]2[C@@H](CO)Nc3ccc(-c4ccccc4)cc3[C@@H]21. The molecule has 160 valence electrons. The standard InChI is InChI=1S/C25H26N2O3S/c1-17-7-5-6-10-24(17)31(29,30)27-14-13-20-23(16-28)26-22-12-11-19(15-21(22)25(20)27)18-8-3-2-4-9-18/h2-12,15,20,23,25-26,28H,13-14,16H2,1H3/t20-,23-,25-/m1/s1. The van der Waals surface area contributed by atoms with Crippen LogP contribution in [0.15, 0.2) is 77.7 Å². The van der Waals surface area contributed by atoms with Crippen molar-refractivity contribution in [3.8, 4) is 11.1 Å². The summed E-state index contributed by atoms with van der Waals surface area (Å²) in [4.78, 5) is 0.357. The summed E-state index contributed by atoms with van der Waals surface area (Å²) in [5.41, 5.74) is 4.77. The number of aliphatic hydroxyl groups excluding tert-OH is 1. The maximum Gasteiger partial charge on any atom is 0.243 e. The highest BCUT2D eigenvalue weighted by atomic mass is 32.2. The fraction of sp³-hybridized carbons (Fsp3) is 0.280. The van der Waals surface area contributed by atoms with Crippen LogP contribution < -0.4 is 5.32 Å². The van der Waals surface area contributed by atoms with Crippen LogP contribution in [0, 0.1) is 12.8 Å². The molecule has 2 aliphatic rings. The Morgan fingerprint density at radius 1 is 1.00 bits per heavy atom. The summed E-state index contributed by atoms with van der Waals surface area (Å²) in [6.45, 7) is 2.25. The van der Waals surface area contributed by atoms with Crippen molar-refractivity contribution in [2.24, 2.45) is 5.92 Å². The zero-order chi connectivity index (χ0) is 21.6. The van der Waals surface area contributed by atoms with Gasteiger partial charge in [-0.2, -0.15) is 4.31 Å². The Bertz CT molecular complexity index is 1210. The molecule has 0 bridgehead atoms. The van der Waals surface area contributed by atoms with Crippen molar-refractivity contribution in [3.63, 3.8) is 0 Å². The minimum atomic E-state index is -3.67. The molecule has 5 rings (SSSR count). The van der Waals surface area contributed by atoms with E-state index in [1.807, 2.05) is 49.4 Å². The number of hydrogen-bond donors (Lipinski definition) is 2. The van der Waals surface area contributed by atoms with Gasteiger partial charge in [0.15, 0.2) is 0 Å². The van der Waals surface area contributed by atoms with Crippen LogP contribution in [0.4, 0.5) is 5.69 Å². The molecule has 3 aromatic rings. The number of rotatable bonds is 4. The summed E-state index contributed by atoms with van der Waals surface area (Å²) in [7, 11) is -3.67. The van der Waals surface area contributed by atoms with E-state index >= 15 is 0 Å². The number of hydrogen-bond acceptors (Lipinski definition) is 4. The first kappa shape index (κ1) is 20.2. The molecule has 5 nitrogen and oxygen atoms in total. The Kier molecular flexibility index (Phi) is 5.08. The molecule has 0 aliphatic carbocycles. The van der Waals surface area contributed by atoms with Gasteiger partial charge in [0.05, 0.1) is 23.6 Å². The van der Waals surface area contributed by atoms with Gasteiger partial charge in [0, 0.05) is 18.2 Å². The van der Waals surface area contributed by atoms with E-state index in [0.29, 0.717) is 17.9 Å². The third kappa shape index (κ3) is 3.35. The van der Waals surface area contributed by atoms with E-state index in [1.54, 1.807) is 16.4 Å². The van der Waals surface area contributed by atoms with Gasteiger partial charge in [-0.1, -0.05) is 54.6 Å². The molecule has 0 radical (unpaired) electrons. The lowest BCUT2D eigenvalue weighted by molar-refractivity contribution is 0.210. The van der Waals surface area contributed by atoms with Gasteiger partial charge in [-0.25, -0.2) is 8.42 Å². The first-order valence-corrected chi connectivity index (χ1v) is 12.1. The first-order chi connectivity index (χ1) is 15.0. The summed E-state index contributed by atoms with van der Waals surface area (Å²) >= 11 is 0. The number of sulfonamides is 1. The van der Waals surface area contributed by atoms with Gasteiger partial charge in [0.2, 0.25) is 10.0 Å². The number of anilines is 1. The van der Waals surface area contributed by atoms with Crippen LogP contribution in [0.2, 0.25) is 0 Å². The van der Waals surface area contributed by atoms with Gasteiger partial charge in [-0.15, -0.1) is 0 Å². The molecular formula is C25H26N2O3S. The highest BCUT2D eigenvalue weighted by Gasteiger charge is 2.48. The topological polar surface area (TPSA) is 69.6 Å². The van der Waals surface area contributed by atoms with E-state index in [1.165, 1.54) is 0 Å². The van der Waals surface area contributed by atoms with Crippen LogP contribution in [0.25, 0.3) is 11.1 Å². The second-order valence-corrected chi connectivity index (χ2v) is 10.2. The number of nitrogens with one attached hydrogen (secondary N) is 1. The zero-order valence-corrected chi connectivity index (χ0v) is 18.2. The molecule has 2 aliphatic heterocycles. The molecule has 1 fully saturated rings. The monoisotopic (exact) mass is 434 g/mol. The van der Waals surface area contributed by atoms with Crippen molar-refractivity contribution in [3.05, 3.63) is 83.9 Å². The molecule has 31 heavy (non-hydrogen) atoms. The molecule has 6 heteroatoms. The lowest BCUT2D eigenvalue weighted by Gasteiger charge is -2.39. The predicted molar refractivity (Wildman–Crippen MR) is 122 cm³/mol. The normalized spacial score (nSPS) is 23.1. The van der Waals surface area contributed by atoms with Crippen LogP contribution in [0.3, 0.4) is 0 Å². The minimum Gasteiger partial charge on any atom is -0.394 e. The molecule has 0 amide bonds. The molecule has 0 aromatic heterocycles. The molecular weight excluding hydrogens is 408 g/mol. The maximum absolute atomic E-state index is 13.7. The second-order valence-electron chi connectivity index (χ2n) is 8.38. The van der Waals surface area contributed by atoms with Crippen LogP contribution in [-0.4, -0.2) is 37.0 Å². The first-order valence-electron chi connectivity index (χ1n) is 10.6. The Labute approximate surface area is 183 Å². The predicted octanol–water partition coefficient (Wildman–Crippen LogP) is 4.20. The summed E-state index contributed by atoms with van der Waals surface area (Å²) in [5, 5.41) is 13.5. The number of aliphatic hydroxyl groups is 1. The summed E-state index contributed by atoms with van der Waals surface area (Å²) in [6, 6.07) is 22.9. The van der Waals surface area contributed by atoms with E-state index in [9.17, 15) is 13.5 Å². The van der Waals surface area contributed by atoms with Gasteiger partial charge in [0.25, 0.3) is 0 Å². The molecule has 2 N–H and O–H groups in total. The Morgan fingerprint density at radius 3 is 2.48 bits per heavy atom. The van der Waals surface area contributed by atoms with Crippen LogP contribution in [0.5, 0.6) is 0 Å². The number of aryl methyl sites for hydroxylation is 1. The number of fused-ring (bicyclic) bond motifs is 3. The third-order valence-corrected chi connectivity index (χ3v) is 8.65. The lowest BCUT2D eigenvalue weighted by Crippen LogP contribution is -2.42. The Balaban J connectivity index is 1.63. The zero-order valence-electron chi connectivity index (χ0n) is 17.4. The molecule has 0 spiro atoms. The van der Waals surface area contributed by atoms with Crippen molar-refractivity contribution in [2.45, 2.75) is 30.3 Å². The fourth-order valence-electron chi connectivity index (χ4n) is 5.07. The van der Waals surface area contributed by atoms with E-state index in [2.05, 4.69) is 23.5 Å². The third-order valence-electron chi connectivity index (χ3n) is 6.61. The van der Waals surface area contributed by atoms with Gasteiger partial charge >= 0.3 is 0 Å². The molecule has 3 aromatic carbocycles. The van der Waals surface area contributed by atoms with E-state index < -0.39 is 10.0 Å². The van der Waals surface area contributed by atoms with Crippen LogP contribution in [0.1, 0.15) is 23.6 Å².